The van der Waals surface area contributed by atoms with Gasteiger partial charge in [0.2, 0.25) is 0 Å². The maximum Gasteiger partial charge on any atom is 0.336 e. The average Bonchev–Trinajstić information content (AvgIpc) is 2.87. The Labute approximate surface area is 177 Å². The molecule has 29 heavy (non-hydrogen) atoms. The third-order valence-electron chi connectivity index (χ3n) is 6.52. The smallest absolute Gasteiger partial charge is 0.336 e. The zero-order valence-corrected chi connectivity index (χ0v) is 19.1. The summed E-state index contributed by atoms with van der Waals surface area (Å²) >= 11 is 0. The Hall–Kier alpha value is -1.58. The lowest BCUT2D eigenvalue weighted by Gasteiger charge is -2.23. The predicted octanol–water partition coefficient (Wildman–Crippen LogP) is 7.15. The summed E-state index contributed by atoms with van der Waals surface area (Å²) in [5.74, 6) is -1.17. The van der Waals surface area contributed by atoms with E-state index in [9.17, 15) is 19.8 Å². The molecule has 0 radical (unpaired) electrons. The second kappa shape index (κ2) is 13.6. The molecule has 0 aromatic heterocycles. The van der Waals surface area contributed by atoms with Gasteiger partial charge in [0.05, 0.1) is 11.1 Å². The Balaban J connectivity index is 3.41. The molecule has 0 saturated carbocycles. The SMILES string of the molecule is CCCCC(CC)CC1=C(CC(CC)CCCC)C(C(=O)O)=C(C(=O)O)CCC1. The monoisotopic (exact) mass is 406 g/mol. The summed E-state index contributed by atoms with van der Waals surface area (Å²) in [5, 5.41) is 19.7. The van der Waals surface area contributed by atoms with E-state index in [2.05, 4.69) is 27.7 Å². The maximum atomic E-state index is 12.2. The first-order valence-corrected chi connectivity index (χ1v) is 11.8. The molecule has 0 bridgehead atoms. The summed E-state index contributed by atoms with van der Waals surface area (Å²) in [6.45, 7) is 8.75. The zero-order valence-electron chi connectivity index (χ0n) is 19.1. The molecular formula is C25H42O4. The number of unbranched alkanes of at least 4 members (excludes halogenated alkanes) is 2. The molecule has 0 amide bonds. The van der Waals surface area contributed by atoms with Gasteiger partial charge in [-0.25, -0.2) is 9.59 Å². The largest absolute Gasteiger partial charge is 0.478 e. The van der Waals surface area contributed by atoms with Crippen LogP contribution in [0.2, 0.25) is 0 Å². The van der Waals surface area contributed by atoms with E-state index in [0.29, 0.717) is 24.7 Å². The first kappa shape index (κ1) is 25.5. The quantitative estimate of drug-likeness (QED) is 0.321. The van der Waals surface area contributed by atoms with E-state index in [-0.39, 0.29) is 11.1 Å². The minimum Gasteiger partial charge on any atom is -0.478 e. The van der Waals surface area contributed by atoms with Crippen molar-refractivity contribution < 1.29 is 19.8 Å². The number of carbonyl (C=O) groups is 2. The lowest BCUT2D eigenvalue weighted by molar-refractivity contribution is -0.135. The van der Waals surface area contributed by atoms with Crippen LogP contribution in [0, 0.1) is 11.8 Å². The zero-order chi connectivity index (χ0) is 21.8. The van der Waals surface area contributed by atoms with Gasteiger partial charge < -0.3 is 10.2 Å². The molecule has 166 valence electrons. The summed E-state index contributed by atoms with van der Waals surface area (Å²) in [4.78, 5) is 24.1. The fraction of sp³-hybridized carbons (Fsp3) is 0.760. The van der Waals surface area contributed by atoms with Gasteiger partial charge in [-0.1, -0.05) is 84.6 Å². The van der Waals surface area contributed by atoms with Crippen LogP contribution in [-0.2, 0) is 9.59 Å². The molecule has 2 N–H and O–H groups in total. The van der Waals surface area contributed by atoms with Crippen LogP contribution in [0.1, 0.15) is 111 Å². The normalized spacial score (nSPS) is 17.2. The van der Waals surface area contributed by atoms with Gasteiger partial charge in [0.1, 0.15) is 0 Å². The van der Waals surface area contributed by atoms with Crippen LogP contribution in [0.15, 0.2) is 22.3 Å². The van der Waals surface area contributed by atoms with Gasteiger partial charge in [0, 0.05) is 0 Å². The predicted molar refractivity (Wildman–Crippen MR) is 119 cm³/mol. The number of carboxylic acids is 2. The Morgan fingerprint density at radius 3 is 1.83 bits per heavy atom. The maximum absolute atomic E-state index is 12.2. The number of hydrogen-bond acceptors (Lipinski definition) is 2. The molecule has 4 heteroatoms. The topological polar surface area (TPSA) is 74.6 Å². The van der Waals surface area contributed by atoms with Gasteiger partial charge in [-0.15, -0.1) is 0 Å². The Bertz CT molecular complexity index is 600. The highest BCUT2D eigenvalue weighted by Gasteiger charge is 2.30. The van der Waals surface area contributed by atoms with E-state index in [4.69, 9.17) is 0 Å². The summed E-state index contributed by atoms with van der Waals surface area (Å²) in [6, 6.07) is 0. The van der Waals surface area contributed by atoms with Gasteiger partial charge in [0.15, 0.2) is 0 Å². The van der Waals surface area contributed by atoms with Crippen molar-refractivity contribution in [3.05, 3.63) is 22.3 Å². The standard InChI is InChI=1S/C25H42O4/c1-5-9-12-18(7-3)16-20-14-11-15-21(24(26)27)23(25(28)29)22(20)17-19(8-4)13-10-6-2/h18-19H,5-17H2,1-4H3,(H,26,27)(H,28,29). The molecule has 1 aliphatic carbocycles. The minimum absolute atomic E-state index is 0.102. The van der Waals surface area contributed by atoms with Crippen molar-refractivity contribution in [3.63, 3.8) is 0 Å². The van der Waals surface area contributed by atoms with Crippen LogP contribution >= 0.6 is 0 Å². The minimum atomic E-state index is -1.07. The molecule has 0 aromatic carbocycles. The molecule has 2 atom stereocenters. The third-order valence-corrected chi connectivity index (χ3v) is 6.52. The molecule has 4 nitrogen and oxygen atoms in total. The van der Waals surface area contributed by atoms with Crippen LogP contribution in [0.3, 0.4) is 0 Å². The van der Waals surface area contributed by atoms with E-state index < -0.39 is 11.9 Å². The summed E-state index contributed by atoms with van der Waals surface area (Å²) in [5.41, 5.74) is 2.28. The van der Waals surface area contributed by atoms with Crippen LogP contribution in [0.4, 0.5) is 0 Å². The van der Waals surface area contributed by atoms with Crippen molar-refractivity contribution >= 4 is 11.9 Å². The van der Waals surface area contributed by atoms with Gasteiger partial charge >= 0.3 is 11.9 Å². The van der Waals surface area contributed by atoms with Crippen LogP contribution in [0.5, 0.6) is 0 Å². The van der Waals surface area contributed by atoms with Crippen molar-refractivity contribution in [3.8, 4) is 0 Å². The first-order chi connectivity index (χ1) is 13.9. The number of carboxylic acid groups (broad SMARTS) is 2. The third kappa shape index (κ3) is 7.98. The molecule has 0 aromatic rings. The Morgan fingerprint density at radius 1 is 0.828 bits per heavy atom. The molecule has 0 heterocycles. The molecule has 0 fully saturated rings. The number of rotatable bonds is 14. The van der Waals surface area contributed by atoms with Gasteiger partial charge in [-0.3, -0.25) is 0 Å². The fourth-order valence-corrected chi connectivity index (χ4v) is 4.58. The van der Waals surface area contributed by atoms with E-state index in [0.717, 1.165) is 63.4 Å². The van der Waals surface area contributed by atoms with Gasteiger partial charge in [-0.2, -0.15) is 0 Å². The summed E-state index contributed by atoms with van der Waals surface area (Å²) < 4.78 is 0. The molecule has 1 aliphatic rings. The number of allylic oxidation sites excluding steroid dienone is 1. The highest BCUT2D eigenvalue weighted by atomic mass is 16.4. The summed E-state index contributed by atoms with van der Waals surface area (Å²) in [7, 11) is 0. The van der Waals surface area contributed by atoms with Crippen molar-refractivity contribution in [2.45, 2.75) is 111 Å². The van der Waals surface area contributed by atoms with E-state index in [1.807, 2.05) is 0 Å². The average molecular weight is 407 g/mol. The fourth-order valence-electron chi connectivity index (χ4n) is 4.58. The van der Waals surface area contributed by atoms with Gasteiger partial charge in [0.25, 0.3) is 0 Å². The molecule has 1 rings (SSSR count). The van der Waals surface area contributed by atoms with Crippen molar-refractivity contribution in [1.82, 2.24) is 0 Å². The number of hydrogen-bond donors (Lipinski definition) is 2. The molecular weight excluding hydrogens is 364 g/mol. The van der Waals surface area contributed by atoms with Crippen LogP contribution < -0.4 is 0 Å². The van der Waals surface area contributed by atoms with E-state index >= 15 is 0 Å². The molecule has 0 aliphatic heterocycles. The van der Waals surface area contributed by atoms with Crippen molar-refractivity contribution in [2.24, 2.45) is 11.8 Å². The number of aliphatic carboxylic acids is 2. The highest BCUT2D eigenvalue weighted by Crippen LogP contribution is 2.38. The molecule has 2 unspecified atom stereocenters. The summed E-state index contributed by atoms with van der Waals surface area (Å²) in [6.07, 6.45) is 12.5. The lowest BCUT2D eigenvalue weighted by Crippen LogP contribution is -2.16. The van der Waals surface area contributed by atoms with Gasteiger partial charge in [-0.05, 0) is 49.5 Å². The van der Waals surface area contributed by atoms with E-state index in [1.54, 1.807) is 0 Å². The molecule has 0 saturated heterocycles. The second-order valence-corrected chi connectivity index (χ2v) is 8.64. The Morgan fingerprint density at radius 2 is 1.38 bits per heavy atom. The Kier molecular flexibility index (Phi) is 11.9. The van der Waals surface area contributed by atoms with Crippen molar-refractivity contribution in [1.29, 1.82) is 0 Å². The van der Waals surface area contributed by atoms with Crippen molar-refractivity contribution in [2.75, 3.05) is 0 Å². The lowest BCUT2D eigenvalue weighted by atomic mass is 9.81. The second-order valence-electron chi connectivity index (χ2n) is 8.64. The van der Waals surface area contributed by atoms with E-state index in [1.165, 1.54) is 18.4 Å². The van der Waals surface area contributed by atoms with Crippen LogP contribution in [-0.4, -0.2) is 22.2 Å². The highest BCUT2D eigenvalue weighted by molar-refractivity contribution is 6.02. The first-order valence-electron chi connectivity index (χ1n) is 11.8. The molecule has 0 spiro atoms. The van der Waals surface area contributed by atoms with Crippen LogP contribution in [0.25, 0.3) is 0 Å².